The quantitative estimate of drug-likeness (QED) is 0.591. The Bertz CT molecular complexity index is 414. The molecule has 0 nitrogen and oxygen atoms in total. The lowest BCUT2D eigenvalue weighted by molar-refractivity contribution is 1.56. The van der Waals surface area contributed by atoms with Gasteiger partial charge in [-0.15, -0.1) is 46.2 Å². The molecule has 0 saturated carbocycles. The molecule has 2 aliphatic rings. The normalized spacial score (nSPS) is 20.6. The van der Waals surface area contributed by atoms with Gasteiger partial charge in [-0.3, -0.25) is 0 Å². The lowest BCUT2D eigenvalue weighted by Gasteiger charge is -1.97. The third kappa shape index (κ3) is 1.97. The zero-order valence-electron chi connectivity index (χ0n) is 6.77. The number of fused-ring (bicyclic) bond motifs is 1. The van der Waals surface area contributed by atoms with E-state index in [1.54, 1.807) is 22.7 Å². The fourth-order valence-electron chi connectivity index (χ4n) is 1.08. The van der Waals surface area contributed by atoms with Crippen LogP contribution in [-0.4, -0.2) is 11.5 Å². The van der Waals surface area contributed by atoms with Crippen molar-refractivity contribution in [2.45, 2.75) is 8.42 Å². The molecule has 0 bridgehead atoms. The van der Waals surface area contributed by atoms with Crippen molar-refractivity contribution in [1.29, 1.82) is 0 Å². The molecular formula is C7H4S7. The first kappa shape index (κ1) is 10.6. The summed E-state index contributed by atoms with van der Waals surface area (Å²) in [6.07, 6.45) is 0. The van der Waals surface area contributed by atoms with E-state index >= 15 is 0 Å². The molecule has 1 saturated heterocycles. The van der Waals surface area contributed by atoms with Crippen molar-refractivity contribution >= 4 is 81.9 Å². The van der Waals surface area contributed by atoms with Gasteiger partial charge in [-0.05, 0) is 0 Å². The average Bonchev–Trinajstić information content (AvgIpc) is 2.74. The van der Waals surface area contributed by atoms with Crippen LogP contribution in [0.25, 0.3) is 0 Å². The summed E-state index contributed by atoms with van der Waals surface area (Å²) in [6, 6.07) is 0. The highest BCUT2D eigenvalue weighted by atomic mass is 32.2. The van der Waals surface area contributed by atoms with Crippen molar-refractivity contribution in [2.75, 3.05) is 11.5 Å². The second-order valence-electron chi connectivity index (χ2n) is 2.51. The summed E-state index contributed by atoms with van der Waals surface area (Å²) in [7, 11) is 0. The molecule has 74 valence electrons. The fraction of sp³-hybridized carbons (Fsp3) is 0.286. The molecule has 0 unspecified atom stereocenters. The first-order chi connectivity index (χ1) is 6.83. The van der Waals surface area contributed by atoms with Crippen molar-refractivity contribution in [2.24, 2.45) is 0 Å². The molecule has 0 aliphatic carbocycles. The van der Waals surface area contributed by atoms with E-state index < -0.39 is 0 Å². The Kier molecular flexibility index (Phi) is 3.28. The summed E-state index contributed by atoms with van der Waals surface area (Å²) in [4.78, 5) is 0. The van der Waals surface area contributed by atoms with Gasteiger partial charge >= 0.3 is 0 Å². The van der Waals surface area contributed by atoms with E-state index in [4.69, 9.17) is 12.2 Å². The van der Waals surface area contributed by atoms with E-state index in [-0.39, 0.29) is 0 Å². The van der Waals surface area contributed by atoms with Crippen molar-refractivity contribution < 1.29 is 0 Å². The Hall–Kier alpha value is 1.41. The minimum atomic E-state index is 1.06. The zero-order valence-corrected chi connectivity index (χ0v) is 12.5. The average molecular weight is 313 g/mol. The maximum Gasteiger partial charge on any atom is 0.145 e. The van der Waals surface area contributed by atoms with E-state index in [9.17, 15) is 0 Å². The molecule has 0 N–H and O–H groups in total. The predicted octanol–water partition coefficient (Wildman–Crippen LogP) is 5.34. The molecule has 2 aliphatic heterocycles. The van der Waals surface area contributed by atoms with Gasteiger partial charge in [0.15, 0.2) is 0 Å². The molecule has 1 fully saturated rings. The van der Waals surface area contributed by atoms with E-state index in [1.807, 2.05) is 47.0 Å². The van der Waals surface area contributed by atoms with Crippen molar-refractivity contribution in [3.8, 4) is 0 Å². The van der Waals surface area contributed by atoms with Crippen LogP contribution in [0.3, 0.4) is 0 Å². The topological polar surface area (TPSA) is 0 Å². The Labute approximate surface area is 112 Å². The van der Waals surface area contributed by atoms with E-state index in [0.717, 1.165) is 3.14 Å². The summed E-state index contributed by atoms with van der Waals surface area (Å²) < 4.78 is 6.92. The molecule has 7 heteroatoms. The summed E-state index contributed by atoms with van der Waals surface area (Å²) in [5.74, 6) is 2.54. The van der Waals surface area contributed by atoms with Crippen LogP contribution < -0.4 is 0 Å². The summed E-state index contributed by atoms with van der Waals surface area (Å²) in [6.45, 7) is 0. The standard InChI is InChI=1S/C7H4S7/c8-7-13-5-6(14-7)12-4(11-5)3-9-1-2-10-3/h1-2H2. The molecule has 0 amide bonds. The second kappa shape index (κ2) is 4.35. The van der Waals surface area contributed by atoms with Gasteiger partial charge in [0.05, 0.1) is 16.9 Å². The van der Waals surface area contributed by atoms with Crippen LogP contribution in [0, 0.1) is 3.14 Å². The Morgan fingerprint density at radius 1 is 0.857 bits per heavy atom. The third-order valence-electron chi connectivity index (χ3n) is 1.61. The van der Waals surface area contributed by atoms with Crippen LogP contribution in [-0.2, 0) is 0 Å². The third-order valence-corrected chi connectivity index (χ3v) is 10.5. The largest absolute Gasteiger partial charge is 0.145 e. The van der Waals surface area contributed by atoms with Crippen LogP contribution >= 0.6 is 81.9 Å². The zero-order chi connectivity index (χ0) is 9.54. The molecule has 0 aromatic carbocycles. The summed E-state index contributed by atoms with van der Waals surface area (Å²) in [5.41, 5.74) is 0. The van der Waals surface area contributed by atoms with E-state index in [0.29, 0.717) is 0 Å². The molecule has 0 spiro atoms. The fourth-order valence-corrected chi connectivity index (χ4v) is 10.7. The highest BCUT2D eigenvalue weighted by Gasteiger charge is 2.25. The summed E-state index contributed by atoms with van der Waals surface area (Å²) >= 11 is 16.5. The van der Waals surface area contributed by atoms with Gasteiger partial charge in [-0.2, -0.15) is 0 Å². The number of thioether (sulfide) groups is 4. The Balaban J connectivity index is 1.94. The second-order valence-corrected chi connectivity index (χ2v) is 11.0. The Morgan fingerprint density at radius 2 is 1.43 bits per heavy atom. The molecular weight excluding hydrogens is 309 g/mol. The Morgan fingerprint density at radius 3 is 2.00 bits per heavy atom. The highest BCUT2D eigenvalue weighted by molar-refractivity contribution is 8.31. The van der Waals surface area contributed by atoms with Gasteiger partial charge < -0.3 is 0 Å². The van der Waals surface area contributed by atoms with Gasteiger partial charge in [-0.1, -0.05) is 35.7 Å². The van der Waals surface area contributed by atoms with Gasteiger partial charge in [0.25, 0.3) is 0 Å². The number of rotatable bonds is 0. The first-order valence-corrected chi connectivity index (χ1v) is 9.47. The molecule has 3 rings (SSSR count). The molecule has 1 aromatic heterocycles. The molecule has 0 radical (unpaired) electrons. The molecule has 1 aromatic rings. The maximum atomic E-state index is 5.18. The molecule has 14 heavy (non-hydrogen) atoms. The number of hydrogen-bond acceptors (Lipinski definition) is 7. The van der Waals surface area contributed by atoms with Crippen molar-refractivity contribution in [1.82, 2.24) is 0 Å². The van der Waals surface area contributed by atoms with E-state index in [2.05, 4.69) is 0 Å². The van der Waals surface area contributed by atoms with Crippen LogP contribution in [0.1, 0.15) is 0 Å². The van der Waals surface area contributed by atoms with Crippen LogP contribution in [0.4, 0.5) is 0 Å². The minimum Gasteiger partial charge on any atom is -0.117 e. The number of hydrogen-bond donors (Lipinski definition) is 0. The SMILES string of the molecule is S=c1sc2c(s1)SC(=C1SCCS1)S2. The van der Waals surface area contributed by atoms with Gasteiger partial charge in [0, 0.05) is 11.5 Å². The van der Waals surface area contributed by atoms with Crippen molar-refractivity contribution in [3.63, 3.8) is 0 Å². The minimum absolute atomic E-state index is 1.06. The summed E-state index contributed by atoms with van der Waals surface area (Å²) in [5, 5.41) is 0. The monoisotopic (exact) mass is 312 g/mol. The van der Waals surface area contributed by atoms with Crippen LogP contribution in [0.2, 0.25) is 0 Å². The lowest BCUT2D eigenvalue weighted by Crippen LogP contribution is -1.64. The molecule has 0 atom stereocenters. The first-order valence-electron chi connectivity index (χ1n) is 3.82. The van der Waals surface area contributed by atoms with Gasteiger partial charge in [0.2, 0.25) is 0 Å². The maximum absolute atomic E-state index is 5.18. The highest BCUT2D eigenvalue weighted by Crippen LogP contribution is 2.60. The lowest BCUT2D eigenvalue weighted by atomic mass is 11.0. The van der Waals surface area contributed by atoms with Crippen LogP contribution in [0.15, 0.2) is 16.9 Å². The van der Waals surface area contributed by atoms with Gasteiger partial charge in [-0.25, -0.2) is 0 Å². The predicted molar refractivity (Wildman–Crippen MR) is 76.7 cm³/mol. The van der Waals surface area contributed by atoms with E-state index in [1.165, 1.54) is 28.4 Å². The van der Waals surface area contributed by atoms with Crippen molar-refractivity contribution in [3.05, 3.63) is 11.6 Å². The molecule has 3 heterocycles. The smallest absolute Gasteiger partial charge is 0.117 e. The van der Waals surface area contributed by atoms with Gasteiger partial charge in [0.1, 0.15) is 3.14 Å². The van der Waals surface area contributed by atoms with Crippen LogP contribution in [0.5, 0.6) is 0 Å².